The fourth-order valence-electron chi connectivity index (χ4n) is 3.70. The van der Waals surface area contributed by atoms with Gasteiger partial charge < -0.3 is 20.7 Å². The number of unbranched alkanes of at least 4 members (excludes halogenated alkanes) is 1. The first-order valence-corrected chi connectivity index (χ1v) is 11.8. The van der Waals surface area contributed by atoms with E-state index in [1.54, 1.807) is 18.2 Å². The Balaban J connectivity index is 1.53. The number of carbonyl (C=O) groups excluding carboxylic acids is 2. The van der Waals surface area contributed by atoms with Crippen molar-refractivity contribution in [3.63, 3.8) is 0 Å². The van der Waals surface area contributed by atoms with Gasteiger partial charge in [0, 0.05) is 23.5 Å². The zero-order chi connectivity index (χ0) is 22.8. The number of ether oxygens (including phenoxy) is 1. The molecular formula is C25H32ClN3O3. The Morgan fingerprint density at radius 3 is 2.66 bits per heavy atom. The van der Waals surface area contributed by atoms with Crippen LogP contribution in [-0.2, 0) is 4.79 Å². The summed E-state index contributed by atoms with van der Waals surface area (Å²) in [6.45, 7) is 2.88. The van der Waals surface area contributed by atoms with Crippen molar-refractivity contribution in [3.8, 4) is 5.75 Å². The van der Waals surface area contributed by atoms with Gasteiger partial charge in [-0.25, -0.2) is 0 Å². The van der Waals surface area contributed by atoms with Gasteiger partial charge in [0.25, 0.3) is 5.91 Å². The Bertz CT molecular complexity index is 913. The first kappa shape index (κ1) is 23.9. The SMILES string of the molecule is CCCCOc1cccc(NCC(=O)Nc2ccc(Cl)c(C(=O)NC3CCCCC3)c2)c1. The summed E-state index contributed by atoms with van der Waals surface area (Å²) in [5.74, 6) is 0.356. The summed E-state index contributed by atoms with van der Waals surface area (Å²) in [6.07, 6.45) is 7.56. The van der Waals surface area contributed by atoms with E-state index in [1.807, 2.05) is 24.3 Å². The Morgan fingerprint density at radius 1 is 1.06 bits per heavy atom. The van der Waals surface area contributed by atoms with Crippen molar-refractivity contribution in [1.82, 2.24) is 5.32 Å². The molecule has 2 amide bonds. The number of halogens is 1. The number of anilines is 2. The second kappa shape index (κ2) is 12.3. The highest BCUT2D eigenvalue weighted by Crippen LogP contribution is 2.23. The Hall–Kier alpha value is -2.73. The van der Waals surface area contributed by atoms with Gasteiger partial charge in [0.2, 0.25) is 5.91 Å². The molecule has 0 aliphatic heterocycles. The van der Waals surface area contributed by atoms with Gasteiger partial charge in [-0.3, -0.25) is 9.59 Å². The second-order valence-electron chi connectivity index (χ2n) is 8.13. The van der Waals surface area contributed by atoms with Crippen LogP contribution in [0.3, 0.4) is 0 Å². The molecule has 1 aliphatic carbocycles. The molecule has 2 aromatic carbocycles. The van der Waals surface area contributed by atoms with Crippen molar-refractivity contribution >= 4 is 34.8 Å². The summed E-state index contributed by atoms with van der Waals surface area (Å²) in [5, 5.41) is 9.36. The van der Waals surface area contributed by atoms with E-state index < -0.39 is 0 Å². The van der Waals surface area contributed by atoms with Crippen LogP contribution in [-0.4, -0.2) is 31.0 Å². The Morgan fingerprint density at radius 2 is 1.88 bits per heavy atom. The summed E-state index contributed by atoms with van der Waals surface area (Å²) in [4.78, 5) is 25.1. The average molecular weight is 458 g/mol. The largest absolute Gasteiger partial charge is 0.494 e. The lowest BCUT2D eigenvalue weighted by Gasteiger charge is -2.23. The van der Waals surface area contributed by atoms with Gasteiger partial charge in [0.05, 0.1) is 23.7 Å². The van der Waals surface area contributed by atoms with Crippen LogP contribution in [0, 0.1) is 0 Å². The van der Waals surface area contributed by atoms with E-state index in [-0.39, 0.29) is 24.4 Å². The number of nitrogens with one attached hydrogen (secondary N) is 3. The van der Waals surface area contributed by atoms with Crippen LogP contribution in [0.5, 0.6) is 5.75 Å². The minimum absolute atomic E-state index is 0.0879. The lowest BCUT2D eigenvalue weighted by molar-refractivity contribution is -0.114. The number of carbonyl (C=O) groups is 2. The maximum atomic E-state index is 12.7. The topological polar surface area (TPSA) is 79.5 Å². The summed E-state index contributed by atoms with van der Waals surface area (Å²) in [7, 11) is 0. The standard InChI is InChI=1S/C25H32ClN3O3/c1-2-3-14-32-21-11-7-10-19(15-21)27-17-24(30)28-20-12-13-23(26)22(16-20)25(31)29-18-8-5-4-6-9-18/h7,10-13,15-16,18,27H,2-6,8-9,14,17H2,1H3,(H,28,30)(H,29,31). The van der Waals surface area contributed by atoms with E-state index in [9.17, 15) is 9.59 Å². The molecule has 3 N–H and O–H groups in total. The van der Waals surface area contributed by atoms with Crippen molar-refractivity contribution < 1.29 is 14.3 Å². The van der Waals surface area contributed by atoms with Crippen LogP contribution < -0.4 is 20.7 Å². The average Bonchev–Trinajstić information content (AvgIpc) is 2.80. The van der Waals surface area contributed by atoms with E-state index in [0.717, 1.165) is 50.0 Å². The molecule has 1 aliphatic rings. The zero-order valence-corrected chi connectivity index (χ0v) is 19.3. The number of rotatable bonds is 10. The minimum atomic E-state index is -0.219. The van der Waals surface area contributed by atoms with Crippen LogP contribution in [0.15, 0.2) is 42.5 Å². The first-order valence-electron chi connectivity index (χ1n) is 11.4. The third kappa shape index (κ3) is 7.45. The van der Waals surface area contributed by atoms with Gasteiger partial charge in [0.15, 0.2) is 0 Å². The molecule has 0 spiro atoms. The maximum Gasteiger partial charge on any atom is 0.253 e. The predicted molar refractivity (Wildman–Crippen MR) is 130 cm³/mol. The molecule has 2 aromatic rings. The maximum absolute atomic E-state index is 12.7. The monoisotopic (exact) mass is 457 g/mol. The molecule has 7 heteroatoms. The third-order valence-corrected chi connectivity index (χ3v) is 5.82. The van der Waals surface area contributed by atoms with E-state index in [4.69, 9.17) is 16.3 Å². The van der Waals surface area contributed by atoms with Crippen molar-refractivity contribution in [3.05, 3.63) is 53.1 Å². The zero-order valence-electron chi connectivity index (χ0n) is 18.6. The summed E-state index contributed by atoms with van der Waals surface area (Å²) < 4.78 is 5.70. The lowest BCUT2D eigenvalue weighted by Crippen LogP contribution is -2.36. The Kier molecular flexibility index (Phi) is 9.23. The minimum Gasteiger partial charge on any atom is -0.494 e. The molecule has 32 heavy (non-hydrogen) atoms. The molecule has 0 unspecified atom stereocenters. The van der Waals surface area contributed by atoms with Crippen molar-refractivity contribution in [2.75, 3.05) is 23.8 Å². The van der Waals surface area contributed by atoms with Gasteiger partial charge in [-0.1, -0.05) is 50.3 Å². The second-order valence-corrected chi connectivity index (χ2v) is 8.54. The van der Waals surface area contributed by atoms with E-state index in [1.165, 1.54) is 6.42 Å². The van der Waals surface area contributed by atoms with Gasteiger partial charge in [0.1, 0.15) is 5.75 Å². The van der Waals surface area contributed by atoms with Gasteiger partial charge in [-0.05, 0) is 49.6 Å². The normalized spacial score (nSPS) is 13.9. The fraction of sp³-hybridized carbons (Fsp3) is 0.440. The highest BCUT2D eigenvalue weighted by Gasteiger charge is 2.19. The van der Waals surface area contributed by atoms with Crippen molar-refractivity contribution in [2.24, 2.45) is 0 Å². The van der Waals surface area contributed by atoms with Gasteiger partial charge in [-0.2, -0.15) is 0 Å². The fourth-order valence-corrected chi connectivity index (χ4v) is 3.91. The van der Waals surface area contributed by atoms with E-state index >= 15 is 0 Å². The number of amides is 2. The molecule has 1 fully saturated rings. The van der Waals surface area contributed by atoms with Gasteiger partial charge in [-0.15, -0.1) is 0 Å². The summed E-state index contributed by atoms with van der Waals surface area (Å²) in [6, 6.07) is 12.7. The van der Waals surface area contributed by atoms with Crippen molar-refractivity contribution in [2.45, 2.75) is 57.9 Å². The lowest BCUT2D eigenvalue weighted by atomic mass is 9.95. The molecule has 172 valence electrons. The first-order chi connectivity index (χ1) is 15.5. The molecule has 0 heterocycles. The molecule has 3 rings (SSSR count). The van der Waals surface area contributed by atoms with Crippen LogP contribution in [0.4, 0.5) is 11.4 Å². The van der Waals surface area contributed by atoms with Crippen LogP contribution in [0.25, 0.3) is 0 Å². The van der Waals surface area contributed by atoms with E-state index in [2.05, 4.69) is 22.9 Å². The number of benzene rings is 2. The van der Waals surface area contributed by atoms with Gasteiger partial charge >= 0.3 is 0 Å². The molecule has 0 atom stereocenters. The molecule has 0 radical (unpaired) electrons. The van der Waals surface area contributed by atoms with E-state index in [0.29, 0.717) is 22.9 Å². The molecule has 0 bridgehead atoms. The number of hydrogen-bond donors (Lipinski definition) is 3. The van der Waals surface area contributed by atoms with Crippen LogP contribution in [0.1, 0.15) is 62.2 Å². The molecule has 6 nitrogen and oxygen atoms in total. The van der Waals surface area contributed by atoms with Crippen LogP contribution in [0.2, 0.25) is 5.02 Å². The molecule has 1 saturated carbocycles. The molecular weight excluding hydrogens is 426 g/mol. The molecule has 0 saturated heterocycles. The highest BCUT2D eigenvalue weighted by atomic mass is 35.5. The quantitative estimate of drug-likeness (QED) is 0.404. The highest BCUT2D eigenvalue weighted by molar-refractivity contribution is 6.34. The number of hydrogen-bond acceptors (Lipinski definition) is 4. The smallest absolute Gasteiger partial charge is 0.253 e. The summed E-state index contributed by atoms with van der Waals surface area (Å²) in [5.41, 5.74) is 1.71. The Labute approximate surface area is 195 Å². The predicted octanol–water partition coefficient (Wildman–Crippen LogP) is 5.63. The van der Waals surface area contributed by atoms with Crippen molar-refractivity contribution in [1.29, 1.82) is 0 Å². The molecule has 0 aromatic heterocycles. The third-order valence-electron chi connectivity index (χ3n) is 5.49. The summed E-state index contributed by atoms with van der Waals surface area (Å²) >= 11 is 6.25. The van der Waals surface area contributed by atoms with Crippen LogP contribution >= 0.6 is 11.6 Å².